The van der Waals surface area contributed by atoms with E-state index in [1.54, 1.807) is 0 Å². The van der Waals surface area contributed by atoms with Gasteiger partial charge in [0.25, 0.3) is 0 Å². The van der Waals surface area contributed by atoms with E-state index in [0.717, 1.165) is 38.5 Å². The van der Waals surface area contributed by atoms with Crippen LogP contribution < -0.4 is 5.32 Å². The Bertz CT molecular complexity index is 380. The van der Waals surface area contributed by atoms with Gasteiger partial charge >= 0.3 is 0 Å². The van der Waals surface area contributed by atoms with E-state index in [1.807, 2.05) is 13.8 Å². The number of carbonyl (C=O) groups excluding carboxylic acids is 2. The number of ketones is 1. The van der Waals surface area contributed by atoms with Crippen LogP contribution in [0.1, 0.15) is 78.1 Å². The van der Waals surface area contributed by atoms with Crippen LogP contribution in [-0.4, -0.2) is 30.4 Å². The largest absolute Gasteiger partial charge is 0.378 e. The molecular weight excluding hydrogens is 290 g/mol. The summed E-state index contributed by atoms with van der Waals surface area (Å²) in [6, 6.07) is 0.244. The molecule has 4 nitrogen and oxygen atoms in total. The van der Waals surface area contributed by atoms with Gasteiger partial charge in [0.1, 0.15) is 5.78 Å². The molecule has 132 valence electrons. The van der Waals surface area contributed by atoms with Crippen LogP contribution in [-0.2, 0) is 14.3 Å². The quantitative estimate of drug-likeness (QED) is 0.778. The van der Waals surface area contributed by atoms with E-state index in [-0.39, 0.29) is 23.8 Å². The van der Waals surface area contributed by atoms with E-state index in [9.17, 15) is 9.59 Å². The highest BCUT2D eigenvalue weighted by Gasteiger charge is 2.28. The minimum Gasteiger partial charge on any atom is -0.378 e. The van der Waals surface area contributed by atoms with Gasteiger partial charge < -0.3 is 10.1 Å². The van der Waals surface area contributed by atoms with Crippen LogP contribution in [0.4, 0.5) is 0 Å². The normalized spacial score (nSPS) is 26.2. The zero-order valence-electron chi connectivity index (χ0n) is 14.8. The van der Waals surface area contributed by atoms with Crippen molar-refractivity contribution in [3.8, 4) is 0 Å². The molecule has 2 saturated carbocycles. The molecule has 1 N–H and O–H groups in total. The van der Waals surface area contributed by atoms with Crippen molar-refractivity contribution in [1.82, 2.24) is 5.32 Å². The average molecular weight is 323 g/mol. The van der Waals surface area contributed by atoms with Crippen molar-refractivity contribution in [2.75, 3.05) is 6.61 Å². The number of ether oxygens (including phenoxy) is 1. The van der Waals surface area contributed by atoms with E-state index in [2.05, 4.69) is 5.32 Å². The molecule has 0 atom stereocenters. The molecule has 0 radical (unpaired) electrons. The van der Waals surface area contributed by atoms with Gasteiger partial charge in [0.05, 0.1) is 12.7 Å². The Morgan fingerprint density at radius 2 is 1.65 bits per heavy atom. The maximum absolute atomic E-state index is 12.0. The molecule has 0 aromatic carbocycles. The van der Waals surface area contributed by atoms with Crippen LogP contribution in [0.2, 0.25) is 0 Å². The van der Waals surface area contributed by atoms with Gasteiger partial charge in [0.2, 0.25) is 5.91 Å². The van der Waals surface area contributed by atoms with Gasteiger partial charge in [-0.05, 0) is 38.5 Å². The van der Waals surface area contributed by atoms with E-state index in [1.165, 1.54) is 19.3 Å². The molecular formula is C19H33NO3. The predicted octanol–water partition coefficient (Wildman–Crippen LogP) is 3.63. The number of Topliss-reactive ketones (excluding diaryl/α,β-unsaturated/α-hetero) is 1. The van der Waals surface area contributed by atoms with Gasteiger partial charge in [-0.1, -0.05) is 33.1 Å². The lowest BCUT2D eigenvalue weighted by molar-refractivity contribution is -0.127. The highest BCUT2D eigenvalue weighted by molar-refractivity contribution is 5.83. The average Bonchev–Trinajstić information content (AvgIpc) is 2.56. The molecule has 1 amide bonds. The molecule has 0 bridgehead atoms. The summed E-state index contributed by atoms with van der Waals surface area (Å²) in [6.45, 7) is 4.49. The number of carbonyl (C=O) groups is 2. The molecule has 2 aliphatic carbocycles. The summed E-state index contributed by atoms with van der Waals surface area (Å²) < 4.78 is 5.81. The predicted molar refractivity (Wildman–Crippen MR) is 91.2 cm³/mol. The monoisotopic (exact) mass is 323 g/mol. The van der Waals surface area contributed by atoms with Crippen molar-refractivity contribution in [1.29, 1.82) is 0 Å². The summed E-state index contributed by atoms with van der Waals surface area (Å²) >= 11 is 0. The molecule has 2 rings (SSSR count). The van der Waals surface area contributed by atoms with E-state index >= 15 is 0 Å². The Morgan fingerprint density at radius 3 is 2.26 bits per heavy atom. The molecule has 0 aromatic rings. The Balaban J connectivity index is 1.58. The SMILES string of the molecule is CC(C)C(=O)C1CCC(NC(=O)CCOC2CCCCC2)CC1. The smallest absolute Gasteiger partial charge is 0.222 e. The number of hydrogen-bond donors (Lipinski definition) is 1. The molecule has 4 heteroatoms. The molecule has 2 fully saturated rings. The second-order valence-corrected chi connectivity index (χ2v) is 7.55. The fourth-order valence-corrected chi connectivity index (χ4v) is 3.84. The van der Waals surface area contributed by atoms with Crippen molar-refractivity contribution in [3.63, 3.8) is 0 Å². The molecule has 0 aromatic heterocycles. The van der Waals surface area contributed by atoms with Crippen LogP contribution >= 0.6 is 0 Å². The Kier molecular flexibility index (Phi) is 7.54. The van der Waals surface area contributed by atoms with Crippen molar-refractivity contribution < 1.29 is 14.3 Å². The zero-order chi connectivity index (χ0) is 16.7. The van der Waals surface area contributed by atoms with Crippen molar-refractivity contribution in [2.24, 2.45) is 11.8 Å². The van der Waals surface area contributed by atoms with E-state index < -0.39 is 0 Å². The number of hydrogen-bond acceptors (Lipinski definition) is 3. The highest BCUT2D eigenvalue weighted by Crippen LogP contribution is 2.27. The number of nitrogens with one attached hydrogen (secondary N) is 1. The third-order valence-corrected chi connectivity index (χ3v) is 5.30. The summed E-state index contributed by atoms with van der Waals surface area (Å²) in [5.74, 6) is 0.816. The summed E-state index contributed by atoms with van der Waals surface area (Å²) in [5, 5.41) is 3.12. The molecule has 0 unspecified atom stereocenters. The highest BCUT2D eigenvalue weighted by atomic mass is 16.5. The number of amides is 1. The van der Waals surface area contributed by atoms with Crippen molar-refractivity contribution in [3.05, 3.63) is 0 Å². The first-order valence-electron chi connectivity index (χ1n) is 9.51. The minimum absolute atomic E-state index is 0.0967. The Morgan fingerprint density at radius 1 is 1.00 bits per heavy atom. The van der Waals surface area contributed by atoms with Crippen LogP contribution in [0.5, 0.6) is 0 Å². The topological polar surface area (TPSA) is 55.4 Å². The summed E-state index contributed by atoms with van der Waals surface area (Å²) in [4.78, 5) is 24.0. The molecule has 0 spiro atoms. The van der Waals surface area contributed by atoms with Crippen LogP contribution in [0.25, 0.3) is 0 Å². The first-order valence-corrected chi connectivity index (χ1v) is 9.51. The second kappa shape index (κ2) is 9.41. The van der Waals surface area contributed by atoms with Gasteiger partial charge in [-0.15, -0.1) is 0 Å². The standard InChI is InChI=1S/C19H33NO3/c1-14(2)19(22)15-8-10-16(11-9-15)20-18(21)12-13-23-17-6-4-3-5-7-17/h14-17H,3-13H2,1-2H3,(H,20,21). The van der Waals surface area contributed by atoms with Crippen LogP contribution in [0.3, 0.4) is 0 Å². The molecule has 23 heavy (non-hydrogen) atoms. The molecule has 0 heterocycles. The fraction of sp³-hybridized carbons (Fsp3) is 0.895. The summed E-state index contributed by atoms with van der Waals surface area (Å²) in [5.41, 5.74) is 0. The first kappa shape index (κ1) is 18.4. The maximum atomic E-state index is 12.0. The van der Waals surface area contributed by atoms with Crippen LogP contribution in [0.15, 0.2) is 0 Å². The van der Waals surface area contributed by atoms with Crippen LogP contribution in [0, 0.1) is 11.8 Å². The van der Waals surface area contributed by atoms with Gasteiger partial charge in [0.15, 0.2) is 0 Å². The van der Waals surface area contributed by atoms with Crippen molar-refractivity contribution >= 4 is 11.7 Å². The summed E-state index contributed by atoms with van der Waals surface area (Å²) in [7, 11) is 0. The number of rotatable bonds is 7. The first-order chi connectivity index (χ1) is 11.1. The van der Waals surface area contributed by atoms with Gasteiger partial charge in [0, 0.05) is 24.3 Å². The van der Waals surface area contributed by atoms with Gasteiger partial charge in [-0.2, -0.15) is 0 Å². The van der Waals surface area contributed by atoms with E-state index in [4.69, 9.17) is 4.74 Å². The zero-order valence-corrected chi connectivity index (χ0v) is 14.8. The molecule has 0 aliphatic heterocycles. The van der Waals surface area contributed by atoms with Gasteiger partial charge in [-0.25, -0.2) is 0 Å². The third kappa shape index (κ3) is 6.25. The third-order valence-electron chi connectivity index (χ3n) is 5.30. The lowest BCUT2D eigenvalue weighted by Gasteiger charge is -2.29. The lowest BCUT2D eigenvalue weighted by atomic mass is 9.80. The summed E-state index contributed by atoms with van der Waals surface area (Å²) in [6.07, 6.45) is 10.7. The lowest BCUT2D eigenvalue weighted by Crippen LogP contribution is -2.39. The Hall–Kier alpha value is -0.900. The molecule has 0 saturated heterocycles. The molecule has 2 aliphatic rings. The van der Waals surface area contributed by atoms with Crippen molar-refractivity contribution in [2.45, 2.75) is 90.2 Å². The van der Waals surface area contributed by atoms with E-state index in [0.29, 0.717) is 24.9 Å². The Labute approximate surface area is 140 Å². The maximum Gasteiger partial charge on any atom is 0.222 e. The fourth-order valence-electron chi connectivity index (χ4n) is 3.84. The second-order valence-electron chi connectivity index (χ2n) is 7.55. The van der Waals surface area contributed by atoms with Gasteiger partial charge in [-0.3, -0.25) is 9.59 Å². The minimum atomic E-state index is 0.0967.